The SMILES string of the molecule is C(/CCNC1=NCCN1)=C1\c2ccccc2CSc2ccccc21.O=C(O)/C=C\C(=O)O. The molecule has 8 heteroatoms. The average Bonchev–Trinajstić information content (AvgIpc) is 3.26. The molecule has 0 saturated heterocycles. The van der Waals surface area contributed by atoms with Crippen molar-refractivity contribution in [3.63, 3.8) is 0 Å². The van der Waals surface area contributed by atoms with E-state index in [9.17, 15) is 9.59 Å². The molecule has 4 rings (SSSR count). The molecule has 2 aliphatic heterocycles. The number of carboxylic acids is 2. The van der Waals surface area contributed by atoms with E-state index in [-0.39, 0.29) is 0 Å². The number of benzene rings is 2. The average molecular weight is 452 g/mol. The van der Waals surface area contributed by atoms with Crippen molar-refractivity contribution in [3.8, 4) is 0 Å². The maximum absolute atomic E-state index is 9.55. The fourth-order valence-corrected chi connectivity index (χ4v) is 4.38. The summed E-state index contributed by atoms with van der Waals surface area (Å²) in [6.45, 7) is 2.72. The molecule has 0 radical (unpaired) electrons. The molecule has 4 N–H and O–H groups in total. The number of fused-ring (bicyclic) bond motifs is 2. The van der Waals surface area contributed by atoms with Gasteiger partial charge in [-0.15, -0.1) is 11.8 Å². The molecule has 0 amide bonds. The fraction of sp³-hybridized carbons (Fsp3) is 0.208. The van der Waals surface area contributed by atoms with Crippen LogP contribution in [0.1, 0.15) is 23.1 Å². The second-order valence-electron chi connectivity index (χ2n) is 6.94. The Kier molecular flexibility index (Phi) is 8.51. The van der Waals surface area contributed by atoms with Crippen LogP contribution in [-0.2, 0) is 15.3 Å². The summed E-state index contributed by atoms with van der Waals surface area (Å²) in [5.41, 5.74) is 5.49. The quantitative estimate of drug-likeness (QED) is 0.407. The van der Waals surface area contributed by atoms with E-state index in [1.54, 1.807) is 0 Å². The summed E-state index contributed by atoms with van der Waals surface area (Å²) in [5, 5.41) is 22.2. The predicted molar refractivity (Wildman–Crippen MR) is 127 cm³/mol. The Bertz CT molecular complexity index is 997. The van der Waals surface area contributed by atoms with Crippen LogP contribution >= 0.6 is 11.8 Å². The van der Waals surface area contributed by atoms with Gasteiger partial charge in [0, 0.05) is 35.9 Å². The normalized spacial score (nSPS) is 15.5. The molecule has 2 aromatic rings. The lowest BCUT2D eigenvalue weighted by molar-refractivity contribution is -0.134. The smallest absolute Gasteiger partial charge is 0.328 e. The Hall–Kier alpha value is -3.52. The molecule has 0 aromatic heterocycles. The van der Waals surface area contributed by atoms with Crippen LogP contribution < -0.4 is 10.6 Å². The van der Waals surface area contributed by atoms with Crippen molar-refractivity contribution >= 4 is 35.2 Å². The molecular weight excluding hydrogens is 426 g/mol. The topological polar surface area (TPSA) is 111 Å². The number of rotatable bonds is 5. The Morgan fingerprint density at radius 2 is 1.72 bits per heavy atom. The number of guanidine groups is 1. The summed E-state index contributed by atoms with van der Waals surface area (Å²) in [5.74, 6) is -0.547. The zero-order chi connectivity index (χ0) is 22.8. The third kappa shape index (κ3) is 6.75. The third-order valence-corrected chi connectivity index (χ3v) is 5.82. The second kappa shape index (κ2) is 11.8. The number of carbonyl (C=O) groups is 2. The number of aliphatic imine (C=N–C) groups is 1. The Morgan fingerprint density at radius 1 is 1.03 bits per heavy atom. The van der Waals surface area contributed by atoms with Gasteiger partial charge in [-0.2, -0.15) is 0 Å². The highest BCUT2D eigenvalue weighted by molar-refractivity contribution is 7.98. The number of thioether (sulfide) groups is 1. The van der Waals surface area contributed by atoms with E-state index in [0.717, 1.165) is 37.8 Å². The van der Waals surface area contributed by atoms with Gasteiger partial charge in [-0.1, -0.05) is 48.5 Å². The standard InChI is InChI=1S/C20H21N3S.C4H4O4/c1-2-7-16-15(6-1)14-24-19-10-4-3-8-18(19)17(16)9-5-11-21-20-22-12-13-23-20;5-3(6)1-2-4(7)8/h1-4,6-10H,5,11-14H2,(H2,21,22,23);1-2H,(H,5,6)(H,7,8)/b17-9-;2-1-. The Labute approximate surface area is 191 Å². The maximum Gasteiger partial charge on any atom is 0.328 e. The van der Waals surface area contributed by atoms with E-state index in [4.69, 9.17) is 10.2 Å². The zero-order valence-corrected chi connectivity index (χ0v) is 18.3. The molecule has 7 nitrogen and oxygen atoms in total. The lowest BCUT2D eigenvalue weighted by Gasteiger charge is -2.12. The molecule has 32 heavy (non-hydrogen) atoms. The summed E-state index contributed by atoms with van der Waals surface area (Å²) in [4.78, 5) is 24.9. The molecule has 0 saturated carbocycles. The van der Waals surface area contributed by atoms with E-state index in [1.807, 2.05) is 11.8 Å². The maximum atomic E-state index is 9.55. The van der Waals surface area contributed by atoms with E-state index < -0.39 is 11.9 Å². The van der Waals surface area contributed by atoms with Gasteiger partial charge in [0.1, 0.15) is 0 Å². The molecule has 0 atom stereocenters. The first kappa shape index (κ1) is 23.1. The predicted octanol–water partition coefficient (Wildman–Crippen LogP) is 3.37. The van der Waals surface area contributed by atoms with Crippen LogP contribution in [0, 0.1) is 0 Å². The Morgan fingerprint density at radius 3 is 2.41 bits per heavy atom. The van der Waals surface area contributed by atoms with Crippen molar-refractivity contribution in [2.45, 2.75) is 17.1 Å². The van der Waals surface area contributed by atoms with Gasteiger partial charge in [0.25, 0.3) is 0 Å². The minimum Gasteiger partial charge on any atom is -0.478 e. The van der Waals surface area contributed by atoms with Gasteiger partial charge in [-0.3, -0.25) is 4.99 Å². The van der Waals surface area contributed by atoms with Crippen LogP contribution in [-0.4, -0.2) is 47.7 Å². The van der Waals surface area contributed by atoms with Crippen molar-refractivity contribution in [1.29, 1.82) is 0 Å². The molecule has 0 unspecified atom stereocenters. The van der Waals surface area contributed by atoms with Crippen molar-refractivity contribution in [3.05, 3.63) is 83.4 Å². The summed E-state index contributed by atoms with van der Waals surface area (Å²) >= 11 is 1.93. The van der Waals surface area contributed by atoms with Crippen LogP contribution in [0.15, 0.2) is 76.6 Å². The highest BCUT2D eigenvalue weighted by Crippen LogP contribution is 2.39. The van der Waals surface area contributed by atoms with Gasteiger partial charge in [0.2, 0.25) is 0 Å². The zero-order valence-electron chi connectivity index (χ0n) is 17.5. The monoisotopic (exact) mass is 451 g/mol. The number of nitrogens with one attached hydrogen (secondary N) is 2. The van der Waals surface area contributed by atoms with E-state index in [0.29, 0.717) is 12.2 Å². The molecule has 166 valence electrons. The van der Waals surface area contributed by atoms with Crippen LogP contribution in [0.25, 0.3) is 5.57 Å². The number of hydrogen-bond donors (Lipinski definition) is 4. The number of carboxylic acid groups (broad SMARTS) is 2. The molecular formula is C24H25N3O4S. The van der Waals surface area contributed by atoms with Crippen LogP contribution in [0.5, 0.6) is 0 Å². The van der Waals surface area contributed by atoms with Crippen molar-refractivity contribution in [2.24, 2.45) is 4.99 Å². The van der Waals surface area contributed by atoms with Crippen LogP contribution in [0.3, 0.4) is 0 Å². The molecule has 0 aliphatic carbocycles. The molecule has 0 bridgehead atoms. The summed E-state index contributed by atoms with van der Waals surface area (Å²) in [7, 11) is 0. The molecule has 0 fully saturated rings. The van der Waals surface area contributed by atoms with E-state index in [1.165, 1.54) is 27.2 Å². The van der Waals surface area contributed by atoms with Crippen LogP contribution in [0.2, 0.25) is 0 Å². The molecule has 0 spiro atoms. The largest absolute Gasteiger partial charge is 0.478 e. The lowest BCUT2D eigenvalue weighted by Crippen LogP contribution is -2.34. The molecule has 2 aliphatic rings. The molecule has 2 heterocycles. The van der Waals surface area contributed by atoms with Gasteiger partial charge in [-0.25, -0.2) is 9.59 Å². The van der Waals surface area contributed by atoms with Crippen molar-refractivity contribution < 1.29 is 19.8 Å². The summed E-state index contributed by atoms with van der Waals surface area (Å²) in [6, 6.07) is 17.5. The van der Waals surface area contributed by atoms with E-state index in [2.05, 4.69) is 70.2 Å². The van der Waals surface area contributed by atoms with Crippen molar-refractivity contribution in [2.75, 3.05) is 19.6 Å². The summed E-state index contributed by atoms with van der Waals surface area (Å²) in [6.07, 6.45) is 4.46. The first-order valence-corrected chi connectivity index (χ1v) is 11.2. The highest BCUT2D eigenvalue weighted by Gasteiger charge is 2.17. The summed E-state index contributed by atoms with van der Waals surface area (Å²) < 4.78 is 0. The minimum atomic E-state index is -1.26. The highest BCUT2D eigenvalue weighted by atomic mass is 32.2. The second-order valence-corrected chi connectivity index (χ2v) is 7.96. The first-order valence-electron chi connectivity index (χ1n) is 10.2. The van der Waals surface area contributed by atoms with Crippen LogP contribution in [0.4, 0.5) is 0 Å². The number of aliphatic carboxylic acids is 2. The number of hydrogen-bond acceptors (Lipinski definition) is 6. The van der Waals surface area contributed by atoms with Gasteiger partial charge < -0.3 is 20.8 Å². The van der Waals surface area contributed by atoms with Gasteiger partial charge in [0.15, 0.2) is 5.96 Å². The molecule has 2 aromatic carbocycles. The number of nitrogens with zero attached hydrogens (tertiary/aromatic N) is 1. The third-order valence-electron chi connectivity index (χ3n) is 4.70. The fourth-order valence-electron chi connectivity index (χ4n) is 3.31. The van der Waals surface area contributed by atoms with Crippen molar-refractivity contribution in [1.82, 2.24) is 10.6 Å². The minimum absolute atomic E-state index is 0.558. The van der Waals surface area contributed by atoms with E-state index >= 15 is 0 Å². The Balaban J connectivity index is 0.000000312. The van der Waals surface area contributed by atoms with Gasteiger partial charge in [-0.05, 0) is 34.8 Å². The lowest BCUT2D eigenvalue weighted by atomic mass is 9.93. The van der Waals surface area contributed by atoms with Gasteiger partial charge in [0.05, 0.1) is 6.54 Å². The van der Waals surface area contributed by atoms with Gasteiger partial charge >= 0.3 is 11.9 Å². The first-order chi connectivity index (χ1) is 15.5.